The first-order chi connectivity index (χ1) is 14.1. The van der Waals surface area contributed by atoms with Gasteiger partial charge in [0.25, 0.3) is 10.0 Å². The van der Waals surface area contributed by atoms with Crippen molar-refractivity contribution in [3.8, 4) is 11.1 Å². The second kappa shape index (κ2) is 7.28. The molecule has 0 aromatic heterocycles. The van der Waals surface area contributed by atoms with Crippen LogP contribution in [-0.2, 0) is 16.4 Å². The van der Waals surface area contributed by atoms with Crippen LogP contribution in [0, 0.1) is 0 Å². The molecule has 0 unspecified atom stereocenters. The van der Waals surface area contributed by atoms with Crippen molar-refractivity contribution < 1.29 is 43.5 Å². The van der Waals surface area contributed by atoms with Crippen LogP contribution in [0.3, 0.4) is 0 Å². The van der Waals surface area contributed by atoms with Gasteiger partial charge >= 0.3 is 24.2 Å². The molecule has 31 heavy (non-hydrogen) atoms. The minimum atomic E-state index is -6.64. The third-order valence-corrected chi connectivity index (χ3v) is 5.22. The minimum Gasteiger partial charge on any atom is -0.205 e. The quantitative estimate of drug-likeness (QED) is 0.368. The zero-order chi connectivity index (χ0) is 23.4. The van der Waals surface area contributed by atoms with Gasteiger partial charge in [-0.15, -0.1) is 0 Å². The number of rotatable bonds is 6. The summed E-state index contributed by atoms with van der Waals surface area (Å²) in [5.41, 5.74) is -0.832. The summed E-state index contributed by atoms with van der Waals surface area (Å²) in [5, 5.41) is 0. The van der Waals surface area contributed by atoms with Crippen LogP contribution in [0.25, 0.3) is 11.1 Å². The molecule has 2 aromatic carbocycles. The van der Waals surface area contributed by atoms with E-state index in [0.717, 1.165) is 17.7 Å². The summed E-state index contributed by atoms with van der Waals surface area (Å²) in [7, 11) is -4.81. The summed E-state index contributed by atoms with van der Waals surface area (Å²) < 4.78 is 134. The molecule has 0 spiro atoms. The largest absolute Gasteiger partial charge is 0.383 e. The molecule has 0 N–H and O–H groups in total. The number of nitrogens with zero attached hydrogens (tertiary/aromatic N) is 1. The van der Waals surface area contributed by atoms with Crippen molar-refractivity contribution in [2.75, 3.05) is 6.26 Å². The van der Waals surface area contributed by atoms with Gasteiger partial charge in [-0.1, -0.05) is 36.4 Å². The van der Waals surface area contributed by atoms with E-state index in [9.17, 15) is 43.5 Å². The predicted octanol–water partition coefficient (Wildman–Crippen LogP) is 5.18. The Hall–Kier alpha value is -2.50. The maximum atomic E-state index is 14.6. The molecule has 2 aromatic rings. The molecule has 0 saturated heterocycles. The number of halogens is 8. The van der Waals surface area contributed by atoms with Gasteiger partial charge in [-0.3, -0.25) is 0 Å². The Morgan fingerprint density at radius 3 is 2.10 bits per heavy atom. The summed E-state index contributed by atoms with van der Waals surface area (Å²) in [5.74, 6) is -19.1. The van der Waals surface area contributed by atoms with E-state index in [1.54, 1.807) is 24.3 Å². The number of hydrogen-bond donors (Lipinski definition) is 0. The summed E-state index contributed by atoms with van der Waals surface area (Å²) in [6.45, 7) is 0. The van der Waals surface area contributed by atoms with Gasteiger partial charge in [-0.2, -0.15) is 30.7 Å². The SMILES string of the molecule is CS(=O)(=O)/N=C(\c1ccc2c(c1)Cc1ccccc1-2)C(F)(F)C(F)(F)C(F)(F)C(F)F. The lowest BCUT2D eigenvalue weighted by Crippen LogP contribution is -2.60. The normalized spacial score (nSPS) is 15.2. The van der Waals surface area contributed by atoms with Crippen molar-refractivity contribution in [2.24, 2.45) is 4.40 Å². The lowest BCUT2D eigenvalue weighted by Gasteiger charge is -2.32. The van der Waals surface area contributed by atoms with Gasteiger partial charge in [-0.05, 0) is 34.7 Å². The van der Waals surface area contributed by atoms with Crippen LogP contribution in [0.15, 0.2) is 46.9 Å². The van der Waals surface area contributed by atoms with Crippen molar-refractivity contribution in [2.45, 2.75) is 30.6 Å². The monoisotopic (exact) mass is 471 g/mol. The first-order valence-electron chi connectivity index (χ1n) is 8.53. The first-order valence-corrected chi connectivity index (χ1v) is 10.4. The van der Waals surface area contributed by atoms with Crippen LogP contribution in [0.2, 0.25) is 0 Å². The van der Waals surface area contributed by atoms with E-state index in [2.05, 4.69) is 4.40 Å². The minimum absolute atomic E-state index is 0.167. The highest BCUT2D eigenvalue weighted by Crippen LogP contribution is 2.50. The van der Waals surface area contributed by atoms with Crippen LogP contribution in [0.1, 0.15) is 16.7 Å². The first kappa shape index (κ1) is 23.2. The van der Waals surface area contributed by atoms with Gasteiger partial charge in [0.05, 0.1) is 6.26 Å². The van der Waals surface area contributed by atoms with E-state index in [0.29, 0.717) is 16.7 Å². The summed E-state index contributed by atoms with van der Waals surface area (Å²) in [4.78, 5) is 0. The average Bonchev–Trinajstić information content (AvgIpc) is 3.02. The fraction of sp³-hybridized carbons (Fsp3) is 0.316. The highest BCUT2D eigenvalue weighted by Gasteiger charge is 2.77. The number of alkyl halides is 8. The van der Waals surface area contributed by atoms with Crippen LogP contribution < -0.4 is 0 Å². The lowest BCUT2D eigenvalue weighted by atomic mass is 9.93. The Balaban J connectivity index is 2.19. The Morgan fingerprint density at radius 2 is 1.52 bits per heavy atom. The third kappa shape index (κ3) is 3.81. The maximum Gasteiger partial charge on any atom is 0.383 e. The molecule has 0 saturated carbocycles. The summed E-state index contributed by atoms with van der Waals surface area (Å²) in [6.07, 6.45) is -4.70. The molecular formula is C19H13F8NO2S. The predicted molar refractivity (Wildman–Crippen MR) is 96.9 cm³/mol. The van der Waals surface area contributed by atoms with Crippen LogP contribution in [-0.4, -0.2) is 44.6 Å². The molecular weight excluding hydrogens is 458 g/mol. The third-order valence-electron chi connectivity index (χ3n) is 4.71. The number of benzene rings is 2. The fourth-order valence-corrected chi connectivity index (χ4v) is 3.80. The maximum absolute atomic E-state index is 14.6. The Kier molecular flexibility index (Phi) is 5.44. The van der Waals surface area contributed by atoms with Crippen molar-refractivity contribution >= 4 is 15.7 Å². The molecule has 0 bridgehead atoms. The van der Waals surface area contributed by atoms with E-state index >= 15 is 0 Å². The molecule has 1 aliphatic carbocycles. The van der Waals surface area contributed by atoms with E-state index in [1.165, 1.54) is 6.07 Å². The highest BCUT2D eigenvalue weighted by atomic mass is 32.2. The molecule has 3 nitrogen and oxygen atoms in total. The number of hydrogen-bond acceptors (Lipinski definition) is 2. The zero-order valence-electron chi connectivity index (χ0n) is 15.5. The van der Waals surface area contributed by atoms with Gasteiger partial charge in [0.15, 0.2) is 0 Å². The number of fused-ring (bicyclic) bond motifs is 3. The number of sulfonamides is 1. The van der Waals surface area contributed by atoms with E-state index < -0.39 is 45.5 Å². The van der Waals surface area contributed by atoms with Crippen LogP contribution in [0.5, 0.6) is 0 Å². The Labute approximate surface area is 171 Å². The smallest absolute Gasteiger partial charge is 0.205 e. The molecule has 0 atom stereocenters. The van der Waals surface area contributed by atoms with Gasteiger partial charge in [-0.25, -0.2) is 17.2 Å². The van der Waals surface area contributed by atoms with E-state index in [-0.39, 0.29) is 12.7 Å². The van der Waals surface area contributed by atoms with Crippen LogP contribution in [0.4, 0.5) is 35.1 Å². The van der Waals surface area contributed by atoms with Crippen molar-refractivity contribution in [1.82, 2.24) is 0 Å². The molecule has 0 radical (unpaired) electrons. The van der Waals surface area contributed by atoms with Crippen LogP contribution >= 0.6 is 0 Å². The van der Waals surface area contributed by atoms with Crippen molar-refractivity contribution in [1.29, 1.82) is 0 Å². The van der Waals surface area contributed by atoms with Crippen molar-refractivity contribution in [3.05, 3.63) is 59.2 Å². The summed E-state index contributed by atoms with van der Waals surface area (Å²) >= 11 is 0. The van der Waals surface area contributed by atoms with E-state index in [4.69, 9.17) is 0 Å². The topological polar surface area (TPSA) is 46.5 Å². The zero-order valence-corrected chi connectivity index (χ0v) is 16.3. The molecule has 0 aliphatic heterocycles. The highest BCUT2D eigenvalue weighted by molar-refractivity contribution is 7.89. The Bertz CT molecular complexity index is 1160. The van der Waals surface area contributed by atoms with Gasteiger partial charge < -0.3 is 0 Å². The van der Waals surface area contributed by atoms with E-state index in [1.807, 2.05) is 0 Å². The van der Waals surface area contributed by atoms with Crippen molar-refractivity contribution in [3.63, 3.8) is 0 Å². The Morgan fingerprint density at radius 1 is 0.935 bits per heavy atom. The summed E-state index contributed by atoms with van der Waals surface area (Å²) in [6, 6.07) is 9.74. The van der Waals surface area contributed by atoms with Gasteiger partial charge in [0, 0.05) is 5.56 Å². The molecule has 12 heteroatoms. The second-order valence-corrected chi connectivity index (χ2v) is 8.60. The van der Waals surface area contributed by atoms with Gasteiger partial charge in [0.1, 0.15) is 5.71 Å². The lowest BCUT2D eigenvalue weighted by molar-refractivity contribution is -0.319. The second-order valence-electron chi connectivity index (χ2n) is 6.95. The standard InChI is InChI=1S/C19H13F8NO2S/c1-31(29,30)28-15(17(22,23)19(26,27)18(24,25)16(20)21)11-6-7-14-12(9-11)8-10-4-2-3-5-13(10)14/h2-7,9,16H,8H2,1H3/b28-15+. The molecule has 0 amide bonds. The fourth-order valence-electron chi connectivity index (χ4n) is 3.24. The molecule has 168 valence electrons. The molecule has 3 rings (SSSR count). The van der Waals surface area contributed by atoms with Gasteiger partial charge in [0.2, 0.25) is 0 Å². The molecule has 0 fully saturated rings. The average molecular weight is 471 g/mol. The molecule has 0 heterocycles. The molecule has 1 aliphatic rings.